The molecule has 0 unspecified atom stereocenters. The van der Waals surface area contributed by atoms with Gasteiger partial charge in [0, 0.05) is 18.6 Å². The van der Waals surface area contributed by atoms with Crippen molar-refractivity contribution in [3.05, 3.63) is 0 Å². The lowest BCUT2D eigenvalue weighted by Gasteiger charge is -2.34. The highest BCUT2D eigenvalue weighted by molar-refractivity contribution is 7.87. The van der Waals surface area contributed by atoms with Gasteiger partial charge in [-0.05, 0) is 46.2 Å². The number of hydrogen-bond acceptors (Lipinski definition) is 3. The van der Waals surface area contributed by atoms with E-state index in [4.69, 9.17) is 0 Å². The van der Waals surface area contributed by atoms with Gasteiger partial charge in [-0.3, -0.25) is 0 Å². The molecule has 0 atom stereocenters. The van der Waals surface area contributed by atoms with E-state index in [1.165, 1.54) is 0 Å². The van der Waals surface area contributed by atoms with Crippen molar-refractivity contribution in [2.45, 2.75) is 52.1 Å². The van der Waals surface area contributed by atoms with Gasteiger partial charge in [-0.2, -0.15) is 17.4 Å². The molecule has 0 aromatic carbocycles. The molecule has 0 aromatic rings. The molecule has 0 saturated carbocycles. The van der Waals surface area contributed by atoms with Crippen LogP contribution < -0.4 is 10.0 Å². The molecule has 0 radical (unpaired) electrons. The van der Waals surface area contributed by atoms with Crippen LogP contribution in [0.3, 0.4) is 0 Å². The molecule has 0 aliphatic carbocycles. The Morgan fingerprint density at radius 2 is 1.94 bits per heavy atom. The van der Waals surface area contributed by atoms with Gasteiger partial charge in [0.1, 0.15) is 0 Å². The third-order valence-electron chi connectivity index (χ3n) is 2.85. The summed E-state index contributed by atoms with van der Waals surface area (Å²) in [5.41, 5.74) is 0. The highest BCUT2D eigenvalue weighted by atomic mass is 32.2. The summed E-state index contributed by atoms with van der Waals surface area (Å²) in [6.07, 6.45) is 2.65. The van der Waals surface area contributed by atoms with Gasteiger partial charge >= 0.3 is 0 Å². The molecule has 6 heteroatoms. The van der Waals surface area contributed by atoms with Gasteiger partial charge in [0.15, 0.2) is 0 Å². The van der Waals surface area contributed by atoms with E-state index in [0.29, 0.717) is 6.54 Å². The number of nitrogens with one attached hydrogen (secondary N) is 2. The van der Waals surface area contributed by atoms with Crippen LogP contribution in [0.5, 0.6) is 0 Å². The van der Waals surface area contributed by atoms with E-state index in [1.54, 1.807) is 4.31 Å². The summed E-state index contributed by atoms with van der Waals surface area (Å²) in [6, 6.07) is 0.0912. The lowest BCUT2D eigenvalue weighted by Crippen LogP contribution is -2.51. The summed E-state index contributed by atoms with van der Waals surface area (Å²) >= 11 is 0. The molecule has 1 aliphatic rings. The van der Waals surface area contributed by atoms with Crippen LogP contribution >= 0.6 is 0 Å². The molecule has 1 saturated heterocycles. The second-order valence-electron chi connectivity index (χ2n) is 4.87. The summed E-state index contributed by atoms with van der Waals surface area (Å²) in [5, 5.41) is 3.26. The normalized spacial score (nSPS) is 19.1. The van der Waals surface area contributed by atoms with Crippen LogP contribution in [0.15, 0.2) is 0 Å². The zero-order valence-electron chi connectivity index (χ0n) is 11.1. The molecule has 1 fully saturated rings. The van der Waals surface area contributed by atoms with Crippen molar-refractivity contribution < 1.29 is 8.42 Å². The lowest BCUT2D eigenvalue weighted by molar-refractivity contribution is 0.258. The average molecular weight is 263 g/mol. The number of piperidine rings is 1. The van der Waals surface area contributed by atoms with Crippen LogP contribution in [-0.4, -0.2) is 44.4 Å². The summed E-state index contributed by atoms with van der Waals surface area (Å²) in [7, 11) is -3.33. The van der Waals surface area contributed by atoms with Crippen LogP contribution in [-0.2, 0) is 10.2 Å². The summed E-state index contributed by atoms with van der Waals surface area (Å²) in [6.45, 7) is 8.13. The first-order valence-corrected chi connectivity index (χ1v) is 7.91. The van der Waals surface area contributed by atoms with Crippen LogP contribution in [0.4, 0.5) is 0 Å². The zero-order chi connectivity index (χ0) is 12.9. The molecule has 2 N–H and O–H groups in total. The number of rotatable bonds is 6. The lowest BCUT2D eigenvalue weighted by atomic mass is 10.1. The molecule has 1 rings (SSSR count). The minimum atomic E-state index is -3.33. The van der Waals surface area contributed by atoms with E-state index in [-0.39, 0.29) is 12.1 Å². The smallest absolute Gasteiger partial charge is 0.279 e. The third kappa shape index (κ3) is 4.54. The van der Waals surface area contributed by atoms with Crippen molar-refractivity contribution in [1.29, 1.82) is 0 Å². The van der Waals surface area contributed by atoms with E-state index < -0.39 is 10.2 Å². The molecular formula is C11H25N3O2S. The first kappa shape index (κ1) is 14.9. The maximum Gasteiger partial charge on any atom is 0.279 e. The van der Waals surface area contributed by atoms with Gasteiger partial charge in [0.05, 0.1) is 0 Å². The van der Waals surface area contributed by atoms with Gasteiger partial charge in [-0.25, -0.2) is 0 Å². The maximum atomic E-state index is 12.2. The Morgan fingerprint density at radius 1 is 1.35 bits per heavy atom. The highest BCUT2D eigenvalue weighted by Crippen LogP contribution is 2.16. The fourth-order valence-electron chi connectivity index (χ4n) is 2.18. The Kier molecular flexibility index (Phi) is 5.85. The van der Waals surface area contributed by atoms with E-state index in [2.05, 4.69) is 10.0 Å². The molecule has 5 nitrogen and oxygen atoms in total. The Labute approximate surface area is 105 Å². The Bertz CT molecular complexity index is 311. The summed E-state index contributed by atoms with van der Waals surface area (Å²) < 4.78 is 28.8. The molecule has 1 aliphatic heterocycles. The number of nitrogens with zero attached hydrogens (tertiary/aromatic N) is 1. The Balaban J connectivity index is 2.75. The van der Waals surface area contributed by atoms with Crippen molar-refractivity contribution in [2.24, 2.45) is 0 Å². The van der Waals surface area contributed by atoms with E-state index in [1.807, 2.05) is 20.8 Å². The molecule has 102 valence electrons. The van der Waals surface area contributed by atoms with Crippen LogP contribution in [0, 0.1) is 0 Å². The summed E-state index contributed by atoms with van der Waals surface area (Å²) in [5.74, 6) is 0. The second-order valence-corrected chi connectivity index (χ2v) is 6.52. The topological polar surface area (TPSA) is 61.4 Å². The molecule has 0 bridgehead atoms. The van der Waals surface area contributed by atoms with E-state index >= 15 is 0 Å². The molecule has 1 heterocycles. The number of hydrogen-bond donors (Lipinski definition) is 2. The Hall–Kier alpha value is -0.170. The minimum Gasteiger partial charge on any atom is -0.317 e. The zero-order valence-corrected chi connectivity index (χ0v) is 11.9. The van der Waals surface area contributed by atoms with Crippen LogP contribution in [0.2, 0.25) is 0 Å². The highest BCUT2D eigenvalue weighted by Gasteiger charge is 2.30. The molecule has 0 aromatic heterocycles. The second kappa shape index (κ2) is 6.68. The van der Waals surface area contributed by atoms with Gasteiger partial charge < -0.3 is 5.32 Å². The van der Waals surface area contributed by atoms with Crippen molar-refractivity contribution in [3.63, 3.8) is 0 Å². The molecular weight excluding hydrogens is 238 g/mol. The quantitative estimate of drug-likeness (QED) is 0.741. The van der Waals surface area contributed by atoms with E-state index in [0.717, 1.165) is 32.4 Å². The van der Waals surface area contributed by atoms with Crippen molar-refractivity contribution in [2.75, 3.05) is 19.6 Å². The van der Waals surface area contributed by atoms with Crippen molar-refractivity contribution in [1.82, 2.24) is 14.3 Å². The largest absolute Gasteiger partial charge is 0.317 e. The van der Waals surface area contributed by atoms with Crippen molar-refractivity contribution >= 4 is 10.2 Å². The molecule has 17 heavy (non-hydrogen) atoms. The predicted molar refractivity (Wildman–Crippen MR) is 70.1 cm³/mol. The molecule has 0 spiro atoms. The maximum absolute atomic E-state index is 12.2. The standard InChI is InChI=1S/C11H25N3O2S/c1-4-9-14(11-5-7-12-8-6-11)17(15,16)13-10(2)3/h10-13H,4-9H2,1-3H3. The van der Waals surface area contributed by atoms with Gasteiger partial charge in [-0.15, -0.1) is 0 Å². The predicted octanol–water partition coefficient (Wildman–Crippen LogP) is 0.693. The van der Waals surface area contributed by atoms with Gasteiger partial charge in [0.25, 0.3) is 10.2 Å². The fraction of sp³-hybridized carbons (Fsp3) is 1.00. The van der Waals surface area contributed by atoms with Crippen molar-refractivity contribution in [3.8, 4) is 0 Å². The van der Waals surface area contributed by atoms with E-state index in [9.17, 15) is 8.42 Å². The third-order valence-corrected chi connectivity index (χ3v) is 4.72. The molecule has 0 amide bonds. The SMILES string of the molecule is CCCN(C1CCNCC1)S(=O)(=O)NC(C)C. The van der Waals surface area contributed by atoms with Crippen LogP contribution in [0.1, 0.15) is 40.0 Å². The monoisotopic (exact) mass is 263 g/mol. The summed E-state index contributed by atoms with van der Waals surface area (Å²) in [4.78, 5) is 0. The van der Waals surface area contributed by atoms with Gasteiger partial charge in [0.2, 0.25) is 0 Å². The average Bonchev–Trinajstić information content (AvgIpc) is 2.25. The van der Waals surface area contributed by atoms with Gasteiger partial charge in [-0.1, -0.05) is 6.92 Å². The fourth-order valence-corrected chi connectivity index (χ4v) is 3.94. The minimum absolute atomic E-state index is 0.0546. The first-order valence-electron chi connectivity index (χ1n) is 6.47. The Morgan fingerprint density at radius 3 is 2.41 bits per heavy atom. The van der Waals surface area contributed by atoms with Crippen LogP contribution in [0.25, 0.3) is 0 Å². The first-order chi connectivity index (χ1) is 7.97.